The highest BCUT2D eigenvalue weighted by atomic mass is 19.1. The molecule has 0 bridgehead atoms. The Morgan fingerprint density at radius 3 is 2.51 bits per heavy atom. The number of fused-ring (bicyclic) bond motifs is 2. The zero-order chi connectivity index (χ0) is 30.1. The van der Waals surface area contributed by atoms with Gasteiger partial charge in [-0.05, 0) is 55.8 Å². The lowest BCUT2D eigenvalue weighted by Crippen LogP contribution is -2.27. The highest BCUT2D eigenvalue weighted by Gasteiger charge is 2.17. The third-order valence-electron chi connectivity index (χ3n) is 6.87. The average molecular weight is 577 g/mol. The Morgan fingerprint density at radius 2 is 1.74 bits per heavy atom. The Balaban J connectivity index is 1.28. The van der Waals surface area contributed by atoms with Crippen LogP contribution in [0.25, 0.3) is 32.9 Å². The molecular weight excluding hydrogens is 547 g/mol. The van der Waals surface area contributed by atoms with Gasteiger partial charge >= 0.3 is 0 Å². The van der Waals surface area contributed by atoms with E-state index < -0.39 is 11.4 Å². The van der Waals surface area contributed by atoms with Gasteiger partial charge in [0.15, 0.2) is 11.6 Å². The van der Waals surface area contributed by atoms with Crippen LogP contribution in [0.3, 0.4) is 0 Å². The fourth-order valence-corrected chi connectivity index (χ4v) is 4.80. The second-order valence-electron chi connectivity index (χ2n) is 10.9. The minimum absolute atomic E-state index is 0.0218. The number of aromatic nitrogens is 3. The molecule has 0 amide bonds. The number of aliphatic hydroxyl groups is 1. The van der Waals surface area contributed by atoms with E-state index >= 15 is 4.39 Å². The molecule has 0 aliphatic carbocycles. The molecule has 216 valence electrons. The van der Waals surface area contributed by atoms with Gasteiger partial charge < -0.3 is 24.5 Å². The summed E-state index contributed by atoms with van der Waals surface area (Å²) in [5.74, 6) is 0.721. The Bertz CT molecular complexity index is 2020. The number of pyridine rings is 3. The number of aryl methyl sites for hydroxylation is 1. The average Bonchev–Trinajstić information content (AvgIpc) is 2.99. The van der Waals surface area contributed by atoms with E-state index in [-0.39, 0.29) is 17.8 Å². The van der Waals surface area contributed by atoms with Gasteiger partial charge in [0.1, 0.15) is 23.9 Å². The first kappa shape index (κ1) is 27.9. The van der Waals surface area contributed by atoms with Crippen molar-refractivity contribution >= 4 is 33.3 Å². The highest BCUT2D eigenvalue weighted by molar-refractivity contribution is 5.93. The van der Waals surface area contributed by atoms with E-state index in [1.165, 1.54) is 12.1 Å². The van der Waals surface area contributed by atoms with E-state index in [2.05, 4.69) is 15.3 Å². The van der Waals surface area contributed by atoms with Crippen molar-refractivity contribution in [1.29, 1.82) is 0 Å². The second-order valence-corrected chi connectivity index (χ2v) is 10.9. The number of anilines is 2. The predicted octanol–water partition coefficient (Wildman–Crippen LogP) is 6.97. The van der Waals surface area contributed by atoms with E-state index in [9.17, 15) is 9.90 Å². The van der Waals surface area contributed by atoms with Gasteiger partial charge in [-0.25, -0.2) is 9.37 Å². The van der Waals surface area contributed by atoms with Crippen LogP contribution >= 0.6 is 0 Å². The molecule has 3 aromatic heterocycles. The van der Waals surface area contributed by atoms with Crippen LogP contribution in [-0.2, 0) is 7.05 Å². The molecule has 0 radical (unpaired) electrons. The number of hydrogen-bond donors (Lipinski definition) is 2. The van der Waals surface area contributed by atoms with Gasteiger partial charge in [-0.3, -0.25) is 9.78 Å². The van der Waals surface area contributed by atoms with Crippen molar-refractivity contribution in [3.8, 4) is 28.4 Å². The first-order chi connectivity index (χ1) is 20.7. The number of benzene rings is 3. The molecule has 0 fully saturated rings. The largest absolute Gasteiger partial charge is 0.491 e. The molecule has 9 heteroatoms. The van der Waals surface area contributed by atoms with Crippen molar-refractivity contribution in [2.75, 3.05) is 11.9 Å². The summed E-state index contributed by atoms with van der Waals surface area (Å²) >= 11 is 0. The number of halogens is 1. The lowest BCUT2D eigenvalue weighted by Gasteiger charge is -2.18. The van der Waals surface area contributed by atoms with Crippen molar-refractivity contribution < 1.29 is 19.0 Å². The minimum Gasteiger partial charge on any atom is -0.491 e. The molecule has 6 rings (SSSR count). The predicted molar refractivity (Wildman–Crippen MR) is 166 cm³/mol. The number of hydrogen-bond acceptors (Lipinski definition) is 7. The Kier molecular flexibility index (Phi) is 7.25. The maximum atomic E-state index is 15.3. The summed E-state index contributed by atoms with van der Waals surface area (Å²) in [6, 6.07) is 22.6. The molecule has 0 spiro atoms. The lowest BCUT2D eigenvalue weighted by atomic mass is 10.0. The van der Waals surface area contributed by atoms with E-state index in [1.807, 2.05) is 48.1 Å². The minimum atomic E-state index is -0.976. The lowest BCUT2D eigenvalue weighted by molar-refractivity contribution is 0.0285. The molecule has 8 nitrogen and oxygen atoms in total. The highest BCUT2D eigenvalue weighted by Crippen LogP contribution is 2.34. The molecule has 3 heterocycles. The fraction of sp³-hybridized carbons (Fsp3) is 0.147. The quantitative estimate of drug-likeness (QED) is 0.202. The van der Waals surface area contributed by atoms with Crippen LogP contribution < -0.4 is 20.2 Å². The fourth-order valence-electron chi connectivity index (χ4n) is 4.80. The standard InChI is InChI=1S/C34H29FN4O4/c1-34(2,41)20-42-23-10-11-24-27(18-23)36-16-14-29(24)43-30-12-9-22(17-26(30)35)38-33-31-28(13-15-37-33)39(3)19-25(32(31)40)21-7-5-4-6-8-21/h4-19,41H,20H2,1-3H3,(H,37,38). The number of ether oxygens (including phenoxy) is 2. The normalized spacial score (nSPS) is 11.6. The topological polar surface area (TPSA) is 98.5 Å². The van der Waals surface area contributed by atoms with Crippen LogP contribution in [0.1, 0.15) is 13.8 Å². The SMILES string of the molecule is Cn1cc(-c2ccccc2)c(=O)c2c(Nc3ccc(Oc4ccnc5cc(OCC(C)(C)O)ccc45)c(F)c3)nccc21. The number of nitrogens with one attached hydrogen (secondary N) is 1. The van der Waals surface area contributed by atoms with E-state index in [0.717, 1.165) is 5.56 Å². The van der Waals surface area contributed by atoms with Gasteiger partial charge in [-0.2, -0.15) is 0 Å². The van der Waals surface area contributed by atoms with E-state index in [1.54, 1.807) is 62.6 Å². The Hall–Kier alpha value is -5.28. The third kappa shape index (κ3) is 5.89. The third-order valence-corrected chi connectivity index (χ3v) is 6.87. The van der Waals surface area contributed by atoms with Gasteiger partial charge in [0.25, 0.3) is 0 Å². The summed E-state index contributed by atoms with van der Waals surface area (Å²) in [7, 11) is 1.87. The van der Waals surface area contributed by atoms with Crippen LogP contribution in [0.5, 0.6) is 17.2 Å². The smallest absolute Gasteiger partial charge is 0.200 e. The van der Waals surface area contributed by atoms with E-state index in [0.29, 0.717) is 50.4 Å². The van der Waals surface area contributed by atoms with Crippen LogP contribution in [0.2, 0.25) is 0 Å². The molecule has 0 aliphatic rings. The van der Waals surface area contributed by atoms with Crippen LogP contribution in [-0.4, -0.2) is 31.8 Å². The molecule has 0 atom stereocenters. The zero-order valence-electron chi connectivity index (χ0n) is 23.8. The molecule has 0 aliphatic heterocycles. The van der Waals surface area contributed by atoms with Crippen molar-refractivity contribution in [3.63, 3.8) is 0 Å². The van der Waals surface area contributed by atoms with Crippen molar-refractivity contribution in [2.24, 2.45) is 7.05 Å². The first-order valence-corrected chi connectivity index (χ1v) is 13.7. The number of nitrogens with zero attached hydrogens (tertiary/aromatic N) is 3. The monoisotopic (exact) mass is 576 g/mol. The van der Waals surface area contributed by atoms with Crippen molar-refractivity contribution in [2.45, 2.75) is 19.4 Å². The van der Waals surface area contributed by atoms with Crippen molar-refractivity contribution in [3.05, 3.63) is 113 Å². The summed E-state index contributed by atoms with van der Waals surface area (Å²) in [4.78, 5) is 22.4. The molecule has 0 unspecified atom stereocenters. The Labute approximate surface area is 247 Å². The van der Waals surface area contributed by atoms with Crippen molar-refractivity contribution in [1.82, 2.24) is 14.5 Å². The first-order valence-electron chi connectivity index (χ1n) is 13.7. The van der Waals surface area contributed by atoms with Gasteiger partial charge in [-0.15, -0.1) is 0 Å². The summed E-state index contributed by atoms with van der Waals surface area (Å²) in [6.07, 6.45) is 4.99. The number of rotatable bonds is 8. The Morgan fingerprint density at radius 1 is 0.953 bits per heavy atom. The molecule has 0 saturated heterocycles. The second kappa shape index (κ2) is 11.2. The zero-order valence-corrected chi connectivity index (χ0v) is 23.8. The van der Waals surface area contributed by atoms with Gasteiger partial charge in [0.2, 0.25) is 5.43 Å². The molecular formula is C34H29FN4O4. The van der Waals surface area contributed by atoms with E-state index in [4.69, 9.17) is 9.47 Å². The van der Waals surface area contributed by atoms with Gasteiger partial charge in [0, 0.05) is 54.4 Å². The summed E-state index contributed by atoms with van der Waals surface area (Å²) in [5, 5.41) is 14.1. The summed E-state index contributed by atoms with van der Waals surface area (Å²) in [5.41, 5.74) is 1.90. The maximum Gasteiger partial charge on any atom is 0.200 e. The maximum absolute atomic E-state index is 15.3. The molecule has 3 aromatic carbocycles. The molecule has 6 aromatic rings. The summed E-state index contributed by atoms with van der Waals surface area (Å²) < 4.78 is 28.8. The molecule has 2 N–H and O–H groups in total. The van der Waals surface area contributed by atoms with Crippen LogP contribution in [0, 0.1) is 5.82 Å². The molecule has 43 heavy (non-hydrogen) atoms. The molecule has 0 saturated carbocycles. The van der Waals surface area contributed by atoms with Crippen LogP contribution in [0.15, 0.2) is 102 Å². The van der Waals surface area contributed by atoms with Crippen LogP contribution in [0.4, 0.5) is 15.9 Å². The van der Waals surface area contributed by atoms with Gasteiger partial charge in [0.05, 0.1) is 22.0 Å². The summed E-state index contributed by atoms with van der Waals surface area (Å²) in [6.45, 7) is 3.45. The van der Waals surface area contributed by atoms with Gasteiger partial charge in [-0.1, -0.05) is 30.3 Å².